The summed E-state index contributed by atoms with van der Waals surface area (Å²) >= 11 is 0. The maximum atomic E-state index is 12.9. The summed E-state index contributed by atoms with van der Waals surface area (Å²) in [6, 6.07) is 6.27. The third-order valence-electron chi connectivity index (χ3n) is 4.74. The molecule has 1 aromatic heterocycles. The van der Waals surface area contributed by atoms with E-state index in [0.717, 1.165) is 62.0 Å². The van der Waals surface area contributed by atoms with Crippen molar-refractivity contribution in [2.75, 3.05) is 33.2 Å². The highest BCUT2D eigenvalue weighted by atomic mass is 16.3. The fourth-order valence-electron chi connectivity index (χ4n) is 3.31. The van der Waals surface area contributed by atoms with Crippen LogP contribution in [0.1, 0.15) is 41.4 Å². The van der Waals surface area contributed by atoms with Gasteiger partial charge in [0, 0.05) is 30.6 Å². The van der Waals surface area contributed by atoms with E-state index < -0.39 is 0 Å². The van der Waals surface area contributed by atoms with E-state index in [-0.39, 0.29) is 5.91 Å². The molecule has 1 amide bonds. The maximum absolute atomic E-state index is 12.9. The van der Waals surface area contributed by atoms with Crippen molar-refractivity contribution in [1.29, 1.82) is 0 Å². The average molecular weight is 314 g/mol. The average Bonchev–Trinajstić information content (AvgIpc) is 2.72. The fourth-order valence-corrected chi connectivity index (χ4v) is 3.31. The first kappa shape index (κ1) is 16.1. The molecule has 0 spiro atoms. The van der Waals surface area contributed by atoms with Gasteiger partial charge in [-0.2, -0.15) is 0 Å². The predicted octanol–water partition coefficient (Wildman–Crippen LogP) is 3.47. The Morgan fingerprint density at radius 3 is 2.83 bits per heavy atom. The van der Waals surface area contributed by atoms with Crippen molar-refractivity contribution in [2.45, 2.75) is 33.1 Å². The van der Waals surface area contributed by atoms with Gasteiger partial charge in [-0.3, -0.25) is 4.79 Å². The number of hydrogen-bond donors (Lipinski definition) is 0. The highest BCUT2D eigenvalue weighted by Crippen LogP contribution is 2.28. The standard InChI is InChI=1S/C19H26N2O2/c1-4-6-15-7-8-17-16(13-15)14(2)18(23-17)19(22)21-10-5-9-20(3)11-12-21/h7-8,13H,4-6,9-12H2,1-3H3. The lowest BCUT2D eigenvalue weighted by Gasteiger charge is -2.19. The lowest BCUT2D eigenvalue weighted by Crippen LogP contribution is -2.34. The van der Waals surface area contributed by atoms with E-state index in [1.165, 1.54) is 5.56 Å². The van der Waals surface area contributed by atoms with E-state index in [1.807, 2.05) is 17.9 Å². The zero-order chi connectivity index (χ0) is 16.4. The highest BCUT2D eigenvalue weighted by molar-refractivity contribution is 5.99. The van der Waals surface area contributed by atoms with Crippen LogP contribution in [-0.2, 0) is 6.42 Å². The summed E-state index contributed by atoms with van der Waals surface area (Å²) < 4.78 is 5.91. The molecule has 124 valence electrons. The van der Waals surface area contributed by atoms with Crippen LogP contribution in [0.5, 0.6) is 0 Å². The number of likely N-dealkylation sites (N-methyl/N-ethyl adjacent to an activating group) is 1. The third kappa shape index (κ3) is 3.27. The molecule has 4 nitrogen and oxygen atoms in total. The Morgan fingerprint density at radius 2 is 2.04 bits per heavy atom. The molecule has 1 fully saturated rings. The van der Waals surface area contributed by atoms with Gasteiger partial charge in [0.25, 0.3) is 5.91 Å². The normalized spacial score (nSPS) is 16.7. The second-order valence-corrected chi connectivity index (χ2v) is 6.59. The maximum Gasteiger partial charge on any atom is 0.289 e. The summed E-state index contributed by atoms with van der Waals surface area (Å²) in [6.45, 7) is 7.72. The van der Waals surface area contributed by atoms with Crippen LogP contribution in [0.15, 0.2) is 22.6 Å². The summed E-state index contributed by atoms with van der Waals surface area (Å²) in [5.74, 6) is 0.546. The number of amides is 1. The number of nitrogens with zero attached hydrogens (tertiary/aromatic N) is 2. The molecule has 23 heavy (non-hydrogen) atoms. The van der Waals surface area contributed by atoms with Crippen molar-refractivity contribution < 1.29 is 9.21 Å². The quantitative estimate of drug-likeness (QED) is 0.870. The van der Waals surface area contributed by atoms with Crippen LogP contribution in [0.25, 0.3) is 11.0 Å². The van der Waals surface area contributed by atoms with Crippen molar-refractivity contribution >= 4 is 16.9 Å². The molecule has 2 aromatic rings. The Hall–Kier alpha value is -1.81. The Kier molecular flexibility index (Phi) is 4.71. The number of fused-ring (bicyclic) bond motifs is 1. The molecule has 1 aliphatic rings. The zero-order valence-electron chi connectivity index (χ0n) is 14.4. The molecule has 0 atom stereocenters. The van der Waals surface area contributed by atoms with E-state index in [0.29, 0.717) is 5.76 Å². The van der Waals surface area contributed by atoms with Crippen LogP contribution in [0, 0.1) is 6.92 Å². The number of aryl methyl sites for hydroxylation is 2. The number of carbonyl (C=O) groups is 1. The number of carbonyl (C=O) groups excluding carboxylic acids is 1. The lowest BCUT2D eigenvalue weighted by molar-refractivity contribution is 0.0732. The molecule has 0 unspecified atom stereocenters. The van der Waals surface area contributed by atoms with Gasteiger partial charge in [0.1, 0.15) is 5.58 Å². The number of rotatable bonds is 3. The molecule has 1 saturated heterocycles. The first-order valence-corrected chi connectivity index (χ1v) is 8.60. The van der Waals surface area contributed by atoms with Crippen molar-refractivity contribution in [1.82, 2.24) is 9.80 Å². The van der Waals surface area contributed by atoms with Gasteiger partial charge in [-0.25, -0.2) is 0 Å². The highest BCUT2D eigenvalue weighted by Gasteiger charge is 2.24. The van der Waals surface area contributed by atoms with Crippen LogP contribution in [0.3, 0.4) is 0 Å². The molecule has 0 saturated carbocycles. The van der Waals surface area contributed by atoms with Crippen molar-refractivity contribution in [3.63, 3.8) is 0 Å². The Labute approximate surface area is 138 Å². The van der Waals surface area contributed by atoms with Crippen LogP contribution in [0.2, 0.25) is 0 Å². The Bertz CT molecular complexity index is 705. The molecule has 3 rings (SSSR count). The van der Waals surface area contributed by atoms with Crippen molar-refractivity contribution in [3.8, 4) is 0 Å². The molecule has 1 aromatic carbocycles. The minimum Gasteiger partial charge on any atom is -0.451 e. The molecule has 2 heterocycles. The molecule has 0 N–H and O–H groups in total. The molecular formula is C19H26N2O2. The van der Waals surface area contributed by atoms with Crippen LogP contribution in [-0.4, -0.2) is 48.9 Å². The van der Waals surface area contributed by atoms with Crippen LogP contribution < -0.4 is 0 Å². The molecule has 0 aliphatic carbocycles. The monoisotopic (exact) mass is 314 g/mol. The van der Waals surface area contributed by atoms with Gasteiger partial charge in [0.2, 0.25) is 0 Å². The van der Waals surface area contributed by atoms with Gasteiger partial charge < -0.3 is 14.2 Å². The van der Waals surface area contributed by atoms with Crippen molar-refractivity contribution in [2.24, 2.45) is 0 Å². The Balaban J connectivity index is 1.89. The second-order valence-electron chi connectivity index (χ2n) is 6.59. The summed E-state index contributed by atoms with van der Waals surface area (Å²) in [4.78, 5) is 17.1. The van der Waals surface area contributed by atoms with Gasteiger partial charge in [0.05, 0.1) is 0 Å². The summed E-state index contributed by atoms with van der Waals surface area (Å²) in [6.07, 6.45) is 3.19. The summed E-state index contributed by atoms with van der Waals surface area (Å²) in [5.41, 5.74) is 3.09. The predicted molar refractivity (Wildman–Crippen MR) is 93.0 cm³/mol. The second kappa shape index (κ2) is 6.75. The van der Waals surface area contributed by atoms with E-state index >= 15 is 0 Å². The topological polar surface area (TPSA) is 36.7 Å². The van der Waals surface area contributed by atoms with Gasteiger partial charge in [-0.15, -0.1) is 0 Å². The van der Waals surface area contributed by atoms with E-state index in [1.54, 1.807) is 0 Å². The number of benzene rings is 1. The fraction of sp³-hybridized carbons (Fsp3) is 0.526. The summed E-state index contributed by atoms with van der Waals surface area (Å²) in [7, 11) is 2.11. The minimum absolute atomic E-state index is 0.0334. The largest absolute Gasteiger partial charge is 0.451 e. The molecule has 4 heteroatoms. The van der Waals surface area contributed by atoms with E-state index in [2.05, 4.69) is 31.0 Å². The first-order chi connectivity index (χ1) is 11.1. The van der Waals surface area contributed by atoms with Crippen molar-refractivity contribution in [3.05, 3.63) is 35.1 Å². The first-order valence-electron chi connectivity index (χ1n) is 8.60. The Morgan fingerprint density at radius 1 is 1.22 bits per heavy atom. The smallest absolute Gasteiger partial charge is 0.289 e. The van der Waals surface area contributed by atoms with Gasteiger partial charge in [-0.05, 0) is 51.1 Å². The van der Waals surface area contributed by atoms with Crippen LogP contribution in [0.4, 0.5) is 0 Å². The van der Waals surface area contributed by atoms with E-state index in [9.17, 15) is 4.79 Å². The number of hydrogen-bond acceptors (Lipinski definition) is 3. The zero-order valence-corrected chi connectivity index (χ0v) is 14.4. The third-order valence-corrected chi connectivity index (χ3v) is 4.74. The van der Waals surface area contributed by atoms with Gasteiger partial charge in [-0.1, -0.05) is 19.4 Å². The van der Waals surface area contributed by atoms with Gasteiger partial charge >= 0.3 is 0 Å². The van der Waals surface area contributed by atoms with Crippen LogP contribution >= 0.6 is 0 Å². The number of furan rings is 1. The summed E-state index contributed by atoms with van der Waals surface area (Å²) in [5, 5.41) is 1.08. The molecule has 0 radical (unpaired) electrons. The SMILES string of the molecule is CCCc1ccc2oc(C(=O)N3CCCN(C)CC3)c(C)c2c1. The lowest BCUT2D eigenvalue weighted by atomic mass is 10.1. The molecule has 0 bridgehead atoms. The minimum atomic E-state index is 0.0334. The molecular weight excluding hydrogens is 288 g/mol. The molecule has 1 aliphatic heterocycles. The van der Waals surface area contributed by atoms with Gasteiger partial charge in [0.15, 0.2) is 5.76 Å². The van der Waals surface area contributed by atoms with E-state index in [4.69, 9.17) is 4.42 Å².